The number of aromatic nitrogens is 1. The molecule has 2 aromatic carbocycles. The smallest absolute Gasteiger partial charge is 0.417 e. The van der Waals surface area contributed by atoms with E-state index in [4.69, 9.17) is 13.9 Å². The number of aromatic amines is 1. The molecule has 1 amide bonds. The molecule has 3 rings (SSSR count). The number of H-pyrrole nitrogens is 1. The number of benzene rings is 2. The summed E-state index contributed by atoms with van der Waals surface area (Å²) >= 11 is 0. The maximum Gasteiger partial charge on any atom is 0.417 e. The zero-order chi connectivity index (χ0) is 17.8. The van der Waals surface area contributed by atoms with Gasteiger partial charge < -0.3 is 19.2 Å². The number of hydrogen-bond donors (Lipinski definition) is 2. The summed E-state index contributed by atoms with van der Waals surface area (Å²) in [6, 6.07) is 10.3. The molecule has 7 heteroatoms. The van der Waals surface area contributed by atoms with Gasteiger partial charge >= 0.3 is 5.76 Å². The second-order valence-electron chi connectivity index (χ2n) is 5.41. The summed E-state index contributed by atoms with van der Waals surface area (Å²) < 4.78 is 15.5. The average molecular weight is 342 g/mol. The first-order valence-corrected chi connectivity index (χ1v) is 7.72. The van der Waals surface area contributed by atoms with Crippen molar-refractivity contribution in [2.24, 2.45) is 0 Å². The quantitative estimate of drug-likeness (QED) is 0.716. The number of hydrogen-bond acceptors (Lipinski definition) is 5. The van der Waals surface area contributed by atoms with Crippen LogP contribution in [0.5, 0.6) is 11.5 Å². The van der Waals surface area contributed by atoms with E-state index in [0.717, 1.165) is 17.1 Å². The normalized spacial score (nSPS) is 10.6. The Kier molecular flexibility index (Phi) is 4.74. The highest BCUT2D eigenvalue weighted by Crippen LogP contribution is 2.24. The van der Waals surface area contributed by atoms with Crippen LogP contribution in [-0.4, -0.2) is 31.7 Å². The molecule has 0 aliphatic carbocycles. The SMILES string of the molecule is COc1ccc(OC)c(CCNC(=O)c2ccc3oc(=O)[nH]c3c2)c1. The van der Waals surface area contributed by atoms with Crippen LogP contribution < -0.4 is 20.5 Å². The molecule has 1 heterocycles. The number of carbonyl (C=O) groups is 1. The van der Waals surface area contributed by atoms with Crippen molar-refractivity contribution < 1.29 is 18.7 Å². The maximum atomic E-state index is 12.3. The van der Waals surface area contributed by atoms with Gasteiger partial charge in [-0.3, -0.25) is 9.78 Å². The lowest BCUT2D eigenvalue weighted by Gasteiger charge is -2.11. The van der Waals surface area contributed by atoms with E-state index in [1.807, 2.05) is 18.2 Å². The third kappa shape index (κ3) is 3.65. The number of fused-ring (bicyclic) bond motifs is 1. The van der Waals surface area contributed by atoms with Gasteiger partial charge in [0.05, 0.1) is 19.7 Å². The topological polar surface area (TPSA) is 93.6 Å². The van der Waals surface area contributed by atoms with Crippen molar-refractivity contribution in [2.45, 2.75) is 6.42 Å². The summed E-state index contributed by atoms with van der Waals surface area (Å²) in [6.45, 7) is 0.433. The van der Waals surface area contributed by atoms with Crippen molar-refractivity contribution >= 4 is 17.0 Å². The molecule has 0 fully saturated rings. The zero-order valence-electron chi connectivity index (χ0n) is 13.9. The number of ether oxygens (including phenoxy) is 2. The molecule has 0 unspecified atom stereocenters. The molecule has 25 heavy (non-hydrogen) atoms. The fourth-order valence-corrected chi connectivity index (χ4v) is 2.58. The number of methoxy groups -OCH3 is 2. The Bertz CT molecular complexity index is 957. The third-order valence-electron chi connectivity index (χ3n) is 3.85. The average Bonchev–Trinajstić information content (AvgIpc) is 3.00. The van der Waals surface area contributed by atoms with Gasteiger partial charge in [-0.1, -0.05) is 0 Å². The van der Waals surface area contributed by atoms with E-state index in [9.17, 15) is 9.59 Å². The summed E-state index contributed by atoms with van der Waals surface area (Å²) in [5, 5.41) is 2.85. The molecule has 0 atom stereocenters. The molecule has 2 N–H and O–H groups in total. The third-order valence-corrected chi connectivity index (χ3v) is 3.85. The first kappa shape index (κ1) is 16.6. The first-order chi connectivity index (χ1) is 12.1. The Balaban J connectivity index is 1.66. The maximum absolute atomic E-state index is 12.3. The van der Waals surface area contributed by atoms with Crippen molar-refractivity contribution in [3.8, 4) is 11.5 Å². The van der Waals surface area contributed by atoms with Crippen molar-refractivity contribution in [3.63, 3.8) is 0 Å². The fourth-order valence-electron chi connectivity index (χ4n) is 2.58. The summed E-state index contributed by atoms with van der Waals surface area (Å²) in [5.41, 5.74) is 2.30. The Labute approximate surface area is 143 Å². The molecule has 0 bridgehead atoms. The minimum absolute atomic E-state index is 0.231. The number of carbonyl (C=O) groups excluding carboxylic acids is 1. The van der Waals surface area contributed by atoms with Crippen LogP contribution >= 0.6 is 0 Å². The minimum Gasteiger partial charge on any atom is -0.497 e. The first-order valence-electron chi connectivity index (χ1n) is 7.72. The summed E-state index contributed by atoms with van der Waals surface area (Å²) in [7, 11) is 3.20. The van der Waals surface area contributed by atoms with E-state index >= 15 is 0 Å². The van der Waals surface area contributed by atoms with Crippen LogP contribution in [0.3, 0.4) is 0 Å². The summed E-state index contributed by atoms with van der Waals surface area (Å²) in [4.78, 5) is 26.0. The van der Waals surface area contributed by atoms with E-state index < -0.39 is 5.76 Å². The van der Waals surface area contributed by atoms with Crippen molar-refractivity contribution in [1.82, 2.24) is 10.3 Å². The largest absolute Gasteiger partial charge is 0.497 e. The molecule has 0 saturated carbocycles. The van der Waals surface area contributed by atoms with Gasteiger partial charge in [0.1, 0.15) is 11.5 Å². The lowest BCUT2D eigenvalue weighted by atomic mass is 10.1. The Morgan fingerprint density at radius 2 is 2.00 bits per heavy atom. The standard InChI is InChI=1S/C18H18N2O5/c1-23-13-4-6-15(24-2)11(9-13)7-8-19-17(21)12-3-5-16-14(10-12)20-18(22)25-16/h3-6,9-10H,7-8H2,1-2H3,(H,19,21)(H,20,22). The van der Waals surface area contributed by atoms with Gasteiger partial charge in [-0.25, -0.2) is 4.79 Å². The van der Waals surface area contributed by atoms with Crippen LogP contribution in [0.2, 0.25) is 0 Å². The van der Waals surface area contributed by atoms with Gasteiger partial charge in [-0.15, -0.1) is 0 Å². The predicted octanol–water partition coefficient (Wildman–Crippen LogP) is 2.11. The van der Waals surface area contributed by atoms with Gasteiger partial charge in [0.15, 0.2) is 5.58 Å². The monoisotopic (exact) mass is 342 g/mol. The predicted molar refractivity (Wildman–Crippen MR) is 92.4 cm³/mol. The van der Waals surface area contributed by atoms with Crippen LogP contribution in [0.1, 0.15) is 15.9 Å². The summed E-state index contributed by atoms with van der Waals surface area (Å²) in [5.74, 6) is 0.701. The molecule has 0 aliphatic rings. The molecule has 0 aliphatic heterocycles. The van der Waals surface area contributed by atoms with E-state index in [1.165, 1.54) is 0 Å². The summed E-state index contributed by atoms with van der Waals surface area (Å²) in [6.07, 6.45) is 0.594. The second-order valence-corrected chi connectivity index (χ2v) is 5.41. The van der Waals surface area contributed by atoms with Crippen molar-refractivity contribution in [2.75, 3.05) is 20.8 Å². The number of oxazole rings is 1. The molecule has 3 aromatic rings. The zero-order valence-corrected chi connectivity index (χ0v) is 13.9. The van der Waals surface area contributed by atoms with E-state index in [2.05, 4.69) is 10.3 Å². The number of nitrogens with one attached hydrogen (secondary N) is 2. The van der Waals surface area contributed by atoms with Gasteiger partial charge in [-0.05, 0) is 48.4 Å². The van der Waals surface area contributed by atoms with Crippen LogP contribution in [0, 0.1) is 0 Å². The van der Waals surface area contributed by atoms with Gasteiger partial charge in [0.25, 0.3) is 5.91 Å². The van der Waals surface area contributed by atoms with Crippen LogP contribution in [0.4, 0.5) is 0 Å². The number of rotatable bonds is 6. The highest BCUT2D eigenvalue weighted by Gasteiger charge is 2.10. The second kappa shape index (κ2) is 7.12. The van der Waals surface area contributed by atoms with Crippen LogP contribution in [0.25, 0.3) is 11.1 Å². The van der Waals surface area contributed by atoms with E-state index in [0.29, 0.717) is 29.6 Å². The van der Waals surface area contributed by atoms with Gasteiger partial charge in [0.2, 0.25) is 0 Å². The highest BCUT2D eigenvalue weighted by atomic mass is 16.5. The highest BCUT2D eigenvalue weighted by molar-refractivity contribution is 5.97. The molecule has 0 spiro atoms. The molecular formula is C18H18N2O5. The van der Waals surface area contributed by atoms with E-state index in [-0.39, 0.29) is 5.91 Å². The molecular weight excluding hydrogens is 324 g/mol. The lowest BCUT2D eigenvalue weighted by Crippen LogP contribution is -2.25. The minimum atomic E-state index is -0.544. The molecule has 130 valence electrons. The van der Waals surface area contributed by atoms with Crippen molar-refractivity contribution in [1.29, 1.82) is 0 Å². The molecule has 1 aromatic heterocycles. The Hall–Kier alpha value is -3.22. The van der Waals surface area contributed by atoms with Crippen LogP contribution in [0.15, 0.2) is 45.6 Å². The molecule has 7 nitrogen and oxygen atoms in total. The fraction of sp³-hybridized carbons (Fsp3) is 0.222. The van der Waals surface area contributed by atoms with Crippen LogP contribution in [-0.2, 0) is 6.42 Å². The number of amides is 1. The van der Waals surface area contributed by atoms with E-state index in [1.54, 1.807) is 32.4 Å². The lowest BCUT2D eigenvalue weighted by molar-refractivity contribution is 0.0954. The Morgan fingerprint density at radius 1 is 1.16 bits per heavy atom. The molecule has 0 saturated heterocycles. The van der Waals surface area contributed by atoms with Gasteiger partial charge in [0, 0.05) is 12.1 Å². The van der Waals surface area contributed by atoms with Gasteiger partial charge in [-0.2, -0.15) is 0 Å². The molecule has 0 radical (unpaired) electrons. The van der Waals surface area contributed by atoms with Crippen molar-refractivity contribution in [3.05, 3.63) is 58.1 Å². The Morgan fingerprint density at radius 3 is 2.76 bits per heavy atom.